The molecule has 0 saturated carbocycles. The highest BCUT2D eigenvalue weighted by Gasteiger charge is 2.16. The highest BCUT2D eigenvalue weighted by atomic mass is 16.2. The van der Waals surface area contributed by atoms with E-state index in [1.54, 1.807) is 42.1 Å². The zero-order valence-electron chi connectivity index (χ0n) is 10.8. The SMILES string of the molecule is Cc1ccn(C(C)C(=O)Nc2ccccc2C#N)n1. The Morgan fingerprint density at radius 2 is 2.16 bits per heavy atom. The number of para-hydroxylation sites is 1. The molecule has 5 heteroatoms. The summed E-state index contributed by atoms with van der Waals surface area (Å²) in [6.07, 6.45) is 1.76. The molecule has 0 aliphatic heterocycles. The zero-order chi connectivity index (χ0) is 13.8. The smallest absolute Gasteiger partial charge is 0.248 e. The van der Waals surface area contributed by atoms with Crippen LogP contribution in [-0.2, 0) is 4.79 Å². The number of hydrogen-bond donors (Lipinski definition) is 1. The monoisotopic (exact) mass is 254 g/mol. The number of carbonyl (C=O) groups is 1. The predicted molar refractivity (Wildman–Crippen MR) is 71.5 cm³/mol. The van der Waals surface area contributed by atoms with Gasteiger partial charge in [-0.2, -0.15) is 10.4 Å². The Morgan fingerprint density at radius 1 is 1.42 bits per heavy atom. The summed E-state index contributed by atoms with van der Waals surface area (Å²) in [4.78, 5) is 12.1. The molecule has 0 aliphatic rings. The van der Waals surface area contributed by atoms with Gasteiger partial charge in [0.1, 0.15) is 12.1 Å². The van der Waals surface area contributed by atoms with E-state index in [2.05, 4.69) is 10.4 Å². The summed E-state index contributed by atoms with van der Waals surface area (Å²) in [6.45, 7) is 3.63. The number of aromatic nitrogens is 2. The Bertz CT molecular complexity index is 639. The third kappa shape index (κ3) is 2.80. The number of hydrogen-bond acceptors (Lipinski definition) is 3. The Kier molecular flexibility index (Phi) is 3.62. The van der Waals surface area contributed by atoms with E-state index in [1.807, 2.05) is 19.1 Å². The number of amides is 1. The van der Waals surface area contributed by atoms with Crippen molar-refractivity contribution in [2.24, 2.45) is 0 Å². The molecule has 96 valence electrons. The van der Waals surface area contributed by atoms with Crippen molar-refractivity contribution in [1.82, 2.24) is 9.78 Å². The average Bonchev–Trinajstić information content (AvgIpc) is 2.85. The van der Waals surface area contributed by atoms with Gasteiger partial charge in [-0.25, -0.2) is 0 Å². The fourth-order valence-corrected chi connectivity index (χ4v) is 1.70. The van der Waals surface area contributed by atoms with E-state index in [1.165, 1.54) is 0 Å². The molecule has 2 aromatic rings. The van der Waals surface area contributed by atoms with E-state index in [9.17, 15) is 4.79 Å². The van der Waals surface area contributed by atoms with Crippen molar-refractivity contribution in [3.63, 3.8) is 0 Å². The summed E-state index contributed by atoms with van der Waals surface area (Å²) < 4.78 is 1.60. The number of benzene rings is 1. The van der Waals surface area contributed by atoms with Crippen LogP contribution in [0.2, 0.25) is 0 Å². The molecular formula is C14H14N4O. The first-order chi connectivity index (χ1) is 9.11. The van der Waals surface area contributed by atoms with Crippen LogP contribution in [0.5, 0.6) is 0 Å². The average molecular weight is 254 g/mol. The molecular weight excluding hydrogens is 240 g/mol. The van der Waals surface area contributed by atoms with Crippen molar-refractivity contribution in [3.8, 4) is 6.07 Å². The van der Waals surface area contributed by atoms with Gasteiger partial charge >= 0.3 is 0 Å². The number of rotatable bonds is 3. The number of nitrogens with one attached hydrogen (secondary N) is 1. The summed E-state index contributed by atoms with van der Waals surface area (Å²) in [5, 5.41) is 15.9. The second-order valence-corrected chi connectivity index (χ2v) is 4.26. The normalized spacial score (nSPS) is 11.6. The quantitative estimate of drug-likeness (QED) is 0.913. The molecule has 0 aliphatic carbocycles. The number of nitriles is 1. The third-order valence-electron chi connectivity index (χ3n) is 2.82. The first-order valence-electron chi connectivity index (χ1n) is 5.93. The fraction of sp³-hybridized carbons (Fsp3) is 0.214. The third-order valence-corrected chi connectivity index (χ3v) is 2.82. The standard InChI is InChI=1S/C14H14N4O/c1-10-7-8-18(17-10)11(2)14(19)16-13-6-4-3-5-12(13)9-15/h3-8,11H,1-2H3,(H,16,19). The van der Waals surface area contributed by atoms with Crippen LogP contribution in [-0.4, -0.2) is 15.7 Å². The van der Waals surface area contributed by atoms with E-state index in [4.69, 9.17) is 5.26 Å². The number of carbonyl (C=O) groups excluding carboxylic acids is 1. The molecule has 0 saturated heterocycles. The van der Waals surface area contributed by atoms with Crippen LogP contribution in [0.15, 0.2) is 36.5 Å². The van der Waals surface area contributed by atoms with E-state index in [0.717, 1.165) is 5.69 Å². The molecule has 1 heterocycles. The van der Waals surface area contributed by atoms with E-state index < -0.39 is 6.04 Å². The van der Waals surface area contributed by atoms with Crippen molar-refractivity contribution in [2.75, 3.05) is 5.32 Å². The first-order valence-corrected chi connectivity index (χ1v) is 5.93. The lowest BCUT2D eigenvalue weighted by Gasteiger charge is -2.13. The highest BCUT2D eigenvalue weighted by molar-refractivity contribution is 5.94. The van der Waals surface area contributed by atoms with E-state index >= 15 is 0 Å². The topological polar surface area (TPSA) is 70.7 Å². The zero-order valence-corrected chi connectivity index (χ0v) is 10.8. The van der Waals surface area contributed by atoms with Gasteiger partial charge in [0, 0.05) is 6.20 Å². The van der Waals surface area contributed by atoms with E-state index in [0.29, 0.717) is 11.3 Å². The van der Waals surface area contributed by atoms with Crippen LogP contribution >= 0.6 is 0 Å². The second kappa shape index (κ2) is 5.36. The van der Waals surface area contributed by atoms with Crippen LogP contribution in [0.25, 0.3) is 0 Å². The molecule has 0 spiro atoms. The van der Waals surface area contributed by atoms with E-state index in [-0.39, 0.29) is 5.91 Å². The molecule has 1 unspecified atom stereocenters. The van der Waals surface area contributed by atoms with Crippen molar-refractivity contribution in [3.05, 3.63) is 47.8 Å². The Hall–Kier alpha value is -2.61. The van der Waals surface area contributed by atoms with Gasteiger partial charge in [0.25, 0.3) is 0 Å². The Morgan fingerprint density at radius 3 is 2.79 bits per heavy atom. The maximum Gasteiger partial charge on any atom is 0.248 e. The van der Waals surface area contributed by atoms with Gasteiger partial charge in [0.15, 0.2) is 0 Å². The lowest BCUT2D eigenvalue weighted by atomic mass is 10.2. The van der Waals surface area contributed by atoms with Crippen LogP contribution in [0.1, 0.15) is 24.2 Å². The van der Waals surface area contributed by atoms with Crippen molar-refractivity contribution in [2.45, 2.75) is 19.9 Å². The molecule has 0 radical (unpaired) electrons. The minimum Gasteiger partial charge on any atom is -0.323 e. The molecule has 5 nitrogen and oxygen atoms in total. The lowest BCUT2D eigenvalue weighted by Crippen LogP contribution is -2.24. The van der Waals surface area contributed by atoms with Crippen LogP contribution < -0.4 is 5.32 Å². The molecule has 1 aromatic carbocycles. The van der Waals surface area contributed by atoms with Gasteiger partial charge in [-0.05, 0) is 32.0 Å². The summed E-state index contributed by atoms with van der Waals surface area (Å²) in [5.41, 5.74) is 1.82. The molecule has 0 fully saturated rings. The maximum atomic E-state index is 12.1. The number of anilines is 1. The van der Waals surface area contributed by atoms with Crippen LogP contribution in [0.3, 0.4) is 0 Å². The molecule has 1 aromatic heterocycles. The summed E-state index contributed by atoms with van der Waals surface area (Å²) in [7, 11) is 0. The summed E-state index contributed by atoms with van der Waals surface area (Å²) >= 11 is 0. The Labute approximate surface area is 111 Å². The molecule has 1 amide bonds. The van der Waals surface area contributed by atoms with Gasteiger partial charge < -0.3 is 5.32 Å². The van der Waals surface area contributed by atoms with Gasteiger partial charge in [-0.15, -0.1) is 0 Å². The maximum absolute atomic E-state index is 12.1. The van der Waals surface area contributed by atoms with Gasteiger partial charge in [0.05, 0.1) is 16.9 Å². The minimum absolute atomic E-state index is 0.203. The molecule has 2 rings (SSSR count). The predicted octanol–water partition coefficient (Wildman–Crippen LogP) is 2.26. The molecule has 1 atom stereocenters. The number of aryl methyl sites for hydroxylation is 1. The van der Waals surface area contributed by atoms with Gasteiger partial charge in [0.2, 0.25) is 5.91 Å². The summed E-state index contributed by atoms with van der Waals surface area (Å²) in [5.74, 6) is -0.203. The highest BCUT2D eigenvalue weighted by Crippen LogP contribution is 2.16. The number of nitrogens with zero attached hydrogens (tertiary/aromatic N) is 3. The molecule has 19 heavy (non-hydrogen) atoms. The van der Waals surface area contributed by atoms with Crippen molar-refractivity contribution in [1.29, 1.82) is 5.26 Å². The van der Waals surface area contributed by atoms with Gasteiger partial charge in [-0.3, -0.25) is 9.48 Å². The second-order valence-electron chi connectivity index (χ2n) is 4.26. The summed E-state index contributed by atoms with van der Waals surface area (Å²) in [6, 6.07) is 10.4. The van der Waals surface area contributed by atoms with Crippen molar-refractivity contribution >= 4 is 11.6 Å². The lowest BCUT2D eigenvalue weighted by molar-refractivity contribution is -0.119. The van der Waals surface area contributed by atoms with Gasteiger partial charge in [-0.1, -0.05) is 12.1 Å². The van der Waals surface area contributed by atoms with Crippen molar-refractivity contribution < 1.29 is 4.79 Å². The first kappa shape index (κ1) is 12.8. The minimum atomic E-state index is -0.430. The largest absolute Gasteiger partial charge is 0.323 e. The molecule has 1 N–H and O–H groups in total. The molecule has 0 bridgehead atoms. The fourth-order valence-electron chi connectivity index (χ4n) is 1.70. The van der Waals surface area contributed by atoms with Crippen LogP contribution in [0.4, 0.5) is 5.69 Å². The Balaban J connectivity index is 2.15. The van der Waals surface area contributed by atoms with Crippen LogP contribution in [0, 0.1) is 18.3 Å².